The van der Waals surface area contributed by atoms with E-state index in [0.29, 0.717) is 24.5 Å². The molecule has 7 heteroatoms. The molecule has 1 aliphatic carbocycles. The lowest BCUT2D eigenvalue weighted by molar-refractivity contribution is -0.124. The summed E-state index contributed by atoms with van der Waals surface area (Å²) in [5.74, 6) is 0.556. The third-order valence-corrected chi connectivity index (χ3v) is 4.47. The number of nitrogens with zero attached hydrogens (tertiary/aromatic N) is 2. The molecule has 2 rings (SSSR count). The van der Waals surface area contributed by atoms with E-state index < -0.39 is 0 Å². The number of amides is 3. The van der Waals surface area contributed by atoms with Gasteiger partial charge in [0.15, 0.2) is 5.96 Å². The van der Waals surface area contributed by atoms with E-state index in [1.807, 2.05) is 0 Å². The van der Waals surface area contributed by atoms with Crippen molar-refractivity contribution >= 4 is 17.9 Å². The molecule has 1 saturated carbocycles. The molecule has 0 unspecified atom stereocenters. The summed E-state index contributed by atoms with van der Waals surface area (Å²) < 4.78 is 0. The lowest BCUT2D eigenvalue weighted by atomic mass is 9.75. The summed E-state index contributed by atoms with van der Waals surface area (Å²) >= 11 is 0. The smallest absolute Gasteiger partial charge is 0.324 e. The van der Waals surface area contributed by atoms with Crippen molar-refractivity contribution in [1.82, 2.24) is 20.9 Å². The summed E-state index contributed by atoms with van der Waals surface area (Å²) in [7, 11) is 1.73. The Hall–Kier alpha value is -1.79. The van der Waals surface area contributed by atoms with E-state index in [-0.39, 0.29) is 18.5 Å². The van der Waals surface area contributed by atoms with E-state index in [2.05, 4.69) is 34.8 Å². The Morgan fingerprint density at radius 1 is 1.36 bits per heavy atom. The normalized spacial score (nSPS) is 22.7. The van der Waals surface area contributed by atoms with Crippen molar-refractivity contribution in [1.29, 1.82) is 0 Å². The van der Waals surface area contributed by atoms with Gasteiger partial charge in [0.25, 0.3) is 0 Å². The molecule has 0 radical (unpaired) electrons. The lowest BCUT2D eigenvalue weighted by Gasteiger charge is -2.35. The van der Waals surface area contributed by atoms with E-state index in [1.54, 1.807) is 7.05 Å². The Kier molecular flexibility index (Phi) is 5.26. The first kappa shape index (κ1) is 16.6. The van der Waals surface area contributed by atoms with Gasteiger partial charge < -0.3 is 16.0 Å². The van der Waals surface area contributed by atoms with Gasteiger partial charge >= 0.3 is 6.03 Å². The van der Waals surface area contributed by atoms with E-state index in [0.717, 1.165) is 18.8 Å². The monoisotopic (exact) mass is 309 g/mol. The van der Waals surface area contributed by atoms with Crippen LogP contribution in [0, 0.1) is 5.41 Å². The Morgan fingerprint density at radius 3 is 2.59 bits per heavy atom. The number of hydrogen-bond donors (Lipinski definition) is 3. The van der Waals surface area contributed by atoms with Crippen molar-refractivity contribution < 1.29 is 9.59 Å². The first-order chi connectivity index (χ1) is 10.4. The van der Waals surface area contributed by atoms with Crippen molar-refractivity contribution in [3.8, 4) is 0 Å². The molecule has 1 aliphatic heterocycles. The number of guanidine groups is 1. The molecule has 1 saturated heterocycles. The second-order valence-corrected chi connectivity index (χ2v) is 6.79. The summed E-state index contributed by atoms with van der Waals surface area (Å²) in [6.45, 7) is 5.58. The first-order valence-electron chi connectivity index (χ1n) is 7.97. The second kappa shape index (κ2) is 6.98. The molecule has 124 valence electrons. The van der Waals surface area contributed by atoms with E-state index in [4.69, 9.17) is 0 Å². The van der Waals surface area contributed by atoms with Gasteiger partial charge in [-0.1, -0.05) is 13.8 Å². The minimum absolute atomic E-state index is 0.101. The van der Waals surface area contributed by atoms with Crippen molar-refractivity contribution in [2.24, 2.45) is 10.4 Å². The molecular weight excluding hydrogens is 282 g/mol. The summed E-state index contributed by atoms with van der Waals surface area (Å²) in [6, 6.07) is 0.125. The predicted octanol–water partition coefficient (Wildman–Crippen LogP) is 0.672. The van der Waals surface area contributed by atoms with Gasteiger partial charge in [-0.25, -0.2) is 4.79 Å². The van der Waals surface area contributed by atoms with Gasteiger partial charge in [0, 0.05) is 26.2 Å². The number of urea groups is 1. The topological polar surface area (TPSA) is 85.8 Å². The molecule has 0 atom stereocenters. The van der Waals surface area contributed by atoms with Crippen LogP contribution in [0.1, 0.15) is 39.5 Å². The molecule has 0 bridgehead atoms. The van der Waals surface area contributed by atoms with Gasteiger partial charge in [-0.3, -0.25) is 14.7 Å². The van der Waals surface area contributed by atoms with Gasteiger partial charge in [0.05, 0.1) is 6.54 Å². The minimum atomic E-state index is -0.316. The number of carbonyl (C=O) groups is 2. The van der Waals surface area contributed by atoms with Crippen LogP contribution in [0.5, 0.6) is 0 Å². The van der Waals surface area contributed by atoms with Crippen LogP contribution in [0.25, 0.3) is 0 Å². The minimum Gasteiger partial charge on any atom is -0.355 e. The molecule has 0 aromatic heterocycles. The standard InChI is InChI=1S/C15H27N5O2/c1-15(2)6-4-11(5-7-15)19-13(16-3)17-8-9-20-12(21)10-18-14(20)22/h11H,4-10H2,1-3H3,(H,18,22)(H2,16,17,19). The summed E-state index contributed by atoms with van der Waals surface area (Å²) in [6.07, 6.45) is 4.70. The first-order valence-corrected chi connectivity index (χ1v) is 7.97. The van der Waals surface area contributed by atoms with Crippen LogP contribution in [0.4, 0.5) is 4.79 Å². The van der Waals surface area contributed by atoms with Gasteiger partial charge in [0.1, 0.15) is 0 Å². The molecule has 0 aromatic rings. The SMILES string of the molecule is CN=C(NCCN1C(=O)CNC1=O)NC1CCC(C)(C)CC1. The molecule has 2 fully saturated rings. The maximum Gasteiger partial charge on any atom is 0.324 e. The maximum atomic E-state index is 11.5. The summed E-state index contributed by atoms with van der Waals surface area (Å²) in [4.78, 5) is 28.3. The highest BCUT2D eigenvalue weighted by Crippen LogP contribution is 2.34. The van der Waals surface area contributed by atoms with Crippen LogP contribution in [0.2, 0.25) is 0 Å². The number of aliphatic imine (C=N–C) groups is 1. The van der Waals surface area contributed by atoms with Gasteiger partial charge in [-0.2, -0.15) is 0 Å². The third kappa shape index (κ3) is 4.35. The number of nitrogens with one attached hydrogen (secondary N) is 3. The zero-order valence-electron chi connectivity index (χ0n) is 13.7. The van der Waals surface area contributed by atoms with Crippen LogP contribution in [0.15, 0.2) is 4.99 Å². The Labute approximate surface area is 131 Å². The van der Waals surface area contributed by atoms with Crippen LogP contribution >= 0.6 is 0 Å². The molecule has 7 nitrogen and oxygen atoms in total. The lowest BCUT2D eigenvalue weighted by Crippen LogP contribution is -2.47. The van der Waals surface area contributed by atoms with Crippen molar-refractivity contribution in [3.05, 3.63) is 0 Å². The number of carbonyl (C=O) groups excluding carboxylic acids is 2. The van der Waals surface area contributed by atoms with Crippen molar-refractivity contribution in [3.63, 3.8) is 0 Å². The molecule has 22 heavy (non-hydrogen) atoms. The average Bonchev–Trinajstić information content (AvgIpc) is 2.79. The Balaban J connectivity index is 1.72. The van der Waals surface area contributed by atoms with Crippen molar-refractivity contribution in [2.45, 2.75) is 45.6 Å². The quantitative estimate of drug-likeness (QED) is 0.405. The fourth-order valence-corrected chi connectivity index (χ4v) is 2.90. The fraction of sp³-hybridized carbons (Fsp3) is 0.800. The Morgan fingerprint density at radius 2 is 2.05 bits per heavy atom. The summed E-state index contributed by atoms with van der Waals surface area (Å²) in [5.41, 5.74) is 0.443. The highest BCUT2D eigenvalue weighted by molar-refractivity contribution is 6.01. The van der Waals surface area contributed by atoms with Crippen LogP contribution in [0.3, 0.4) is 0 Å². The third-order valence-electron chi connectivity index (χ3n) is 4.47. The van der Waals surface area contributed by atoms with Crippen LogP contribution in [-0.4, -0.2) is 55.5 Å². The van der Waals surface area contributed by atoms with Gasteiger partial charge in [-0.05, 0) is 31.1 Å². The molecule has 3 N–H and O–H groups in total. The average molecular weight is 309 g/mol. The zero-order chi connectivity index (χ0) is 16.2. The predicted molar refractivity (Wildman–Crippen MR) is 85.6 cm³/mol. The Bertz CT molecular complexity index is 435. The van der Waals surface area contributed by atoms with Crippen molar-refractivity contribution in [2.75, 3.05) is 26.7 Å². The molecule has 0 aromatic carbocycles. The molecule has 3 amide bonds. The highest BCUT2D eigenvalue weighted by Gasteiger charge is 2.28. The van der Waals surface area contributed by atoms with Gasteiger partial charge in [-0.15, -0.1) is 0 Å². The molecular formula is C15H27N5O2. The number of rotatable bonds is 4. The van der Waals surface area contributed by atoms with E-state index >= 15 is 0 Å². The van der Waals surface area contributed by atoms with Crippen LogP contribution in [-0.2, 0) is 4.79 Å². The largest absolute Gasteiger partial charge is 0.355 e. The second-order valence-electron chi connectivity index (χ2n) is 6.79. The number of imide groups is 1. The van der Waals surface area contributed by atoms with E-state index in [9.17, 15) is 9.59 Å². The maximum absolute atomic E-state index is 11.5. The fourth-order valence-electron chi connectivity index (χ4n) is 2.90. The number of hydrogen-bond acceptors (Lipinski definition) is 3. The molecule has 1 heterocycles. The zero-order valence-corrected chi connectivity index (χ0v) is 13.7. The van der Waals surface area contributed by atoms with Gasteiger partial charge in [0.2, 0.25) is 5.91 Å². The summed E-state index contributed by atoms with van der Waals surface area (Å²) in [5, 5.41) is 9.11. The molecule has 2 aliphatic rings. The van der Waals surface area contributed by atoms with Crippen LogP contribution < -0.4 is 16.0 Å². The highest BCUT2D eigenvalue weighted by atomic mass is 16.2. The molecule has 0 spiro atoms. The van der Waals surface area contributed by atoms with E-state index in [1.165, 1.54) is 17.7 Å².